The zero-order valence-electron chi connectivity index (χ0n) is 13.7. The highest BCUT2D eigenvalue weighted by Crippen LogP contribution is 2.43. The highest BCUT2D eigenvalue weighted by Gasteiger charge is 2.36. The fourth-order valence-corrected chi connectivity index (χ4v) is 3.29. The Hall–Kier alpha value is -0.680. The second-order valence-corrected chi connectivity index (χ2v) is 7.38. The first-order valence-corrected chi connectivity index (χ1v) is 8.61. The van der Waals surface area contributed by atoms with Gasteiger partial charge in [0.15, 0.2) is 5.82 Å². The highest BCUT2D eigenvalue weighted by atomic mass is 79.9. The molecule has 1 saturated carbocycles. The van der Waals surface area contributed by atoms with Crippen molar-refractivity contribution in [2.24, 2.45) is 5.92 Å². The van der Waals surface area contributed by atoms with E-state index in [0.29, 0.717) is 12.5 Å². The molecular weight excluding hydrogens is 330 g/mol. The van der Waals surface area contributed by atoms with E-state index in [-0.39, 0.29) is 11.5 Å². The van der Waals surface area contributed by atoms with Crippen molar-refractivity contribution in [1.29, 1.82) is 0 Å². The quantitative estimate of drug-likeness (QED) is 0.818. The summed E-state index contributed by atoms with van der Waals surface area (Å²) in [5.41, 5.74) is 0.995. The van der Waals surface area contributed by atoms with Crippen LogP contribution in [0.15, 0.2) is 4.47 Å². The van der Waals surface area contributed by atoms with Gasteiger partial charge in [0.1, 0.15) is 11.9 Å². The van der Waals surface area contributed by atoms with E-state index < -0.39 is 0 Å². The second-order valence-electron chi connectivity index (χ2n) is 6.59. The molecule has 0 bridgehead atoms. The molecule has 0 amide bonds. The molecule has 118 valence electrons. The fourth-order valence-electron chi connectivity index (χ4n) is 2.37. The van der Waals surface area contributed by atoms with Crippen LogP contribution in [-0.2, 0) is 10.2 Å². The Morgan fingerprint density at radius 2 is 1.95 bits per heavy atom. The molecule has 0 spiro atoms. The number of nitrogens with one attached hydrogen (secondary N) is 1. The minimum Gasteiger partial charge on any atom is -0.370 e. The number of nitrogens with zero attached hydrogens (tertiary/aromatic N) is 2. The van der Waals surface area contributed by atoms with Crippen molar-refractivity contribution in [3.05, 3.63) is 16.0 Å². The zero-order chi connectivity index (χ0) is 15.6. The van der Waals surface area contributed by atoms with Crippen LogP contribution >= 0.6 is 15.9 Å². The summed E-state index contributed by atoms with van der Waals surface area (Å²) >= 11 is 3.66. The molecule has 0 aromatic carbocycles. The van der Waals surface area contributed by atoms with Crippen LogP contribution in [0, 0.1) is 5.92 Å². The molecule has 1 aliphatic carbocycles. The van der Waals surface area contributed by atoms with Crippen LogP contribution in [-0.4, -0.2) is 23.1 Å². The summed E-state index contributed by atoms with van der Waals surface area (Å²) < 4.78 is 6.89. The van der Waals surface area contributed by atoms with Crippen LogP contribution in [0.5, 0.6) is 0 Å². The topological polar surface area (TPSA) is 47.0 Å². The maximum Gasteiger partial charge on any atom is 0.160 e. The molecule has 1 heterocycles. The number of aromatic nitrogens is 2. The largest absolute Gasteiger partial charge is 0.370 e. The van der Waals surface area contributed by atoms with Gasteiger partial charge < -0.3 is 10.1 Å². The third kappa shape index (κ3) is 3.95. The molecule has 0 saturated heterocycles. The molecule has 1 aromatic rings. The molecule has 1 unspecified atom stereocenters. The van der Waals surface area contributed by atoms with Crippen molar-refractivity contribution >= 4 is 21.7 Å². The third-order valence-corrected chi connectivity index (χ3v) is 4.33. The SMILES string of the molecule is CCNc1nc(C(OCC)C2CC2)nc(C(C)(C)C)c1Br. The standard InChI is InChI=1S/C16H26BrN3O/c1-6-18-14-11(17)13(16(3,4)5)19-15(20-14)12(21-7-2)10-8-9-10/h10,12H,6-9H2,1-5H3,(H,18,19,20). The lowest BCUT2D eigenvalue weighted by molar-refractivity contribution is 0.0398. The molecular formula is C16H26BrN3O. The van der Waals surface area contributed by atoms with Crippen molar-refractivity contribution in [2.75, 3.05) is 18.5 Å². The van der Waals surface area contributed by atoms with Crippen LogP contribution in [0.25, 0.3) is 0 Å². The van der Waals surface area contributed by atoms with Crippen molar-refractivity contribution < 1.29 is 4.74 Å². The van der Waals surface area contributed by atoms with E-state index >= 15 is 0 Å². The maximum absolute atomic E-state index is 5.92. The normalized spacial score (nSPS) is 16.9. The van der Waals surface area contributed by atoms with Crippen LogP contribution < -0.4 is 5.32 Å². The number of ether oxygens (including phenoxy) is 1. The average molecular weight is 356 g/mol. The van der Waals surface area contributed by atoms with E-state index in [2.05, 4.69) is 48.9 Å². The van der Waals surface area contributed by atoms with Gasteiger partial charge in [0, 0.05) is 18.6 Å². The first-order valence-electron chi connectivity index (χ1n) is 7.81. The monoisotopic (exact) mass is 355 g/mol. The molecule has 4 nitrogen and oxygen atoms in total. The number of anilines is 1. The molecule has 1 aromatic heterocycles. The Morgan fingerprint density at radius 3 is 2.43 bits per heavy atom. The molecule has 21 heavy (non-hydrogen) atoms. The van der Waals surface area contributed by atoms with Gasteiger partial charge in [-0.25, -0.2) is 9.97 Å². The van der Waals surface area contributed by atoms with Crippen molar-refractivity contribution in [3.63, 3.8) is 0 Å². The van der Waals surface area contributed by atoms with Crippen molar-refractivity contribution in [1.82, 2.24) is 9.97 Å². The van der Waals surface area contributed by atoms with E-state index in [9.17, 15) is 0 Å². The molecule has 2 rings (SSSR count). The summed E-state index contributed by atoms with van der Waals surface area (Å²) in [7, 11) is 0. The van der Waals surface area contributed by atoms with Gasteiger partial charge >= 0.3 is 0 Å². The Kier molecular flexibility index (Phi) is 5.25. The fraction of sp³-hybridized carbons (Fsp3) is 0.750. The molecule has 1 aliphatic rings. The molecule has 1 N–H and O–H groups in total. The predicted octanol–water partition coefficient (Wildman–Crippen LogP) is 4.46. The van der Waals surface area contributed by atoms with E-state index in [4.69, 9.17) is 14.7 Å². The summed E-state index contributed by atoms with van der Waals surface area (Å²) in [6.45, 7) is 12.2. The molecule has 1 atom stereocenters. The molecule has 0 aliphatic heterocycles. The number of hydrogen-bond acceptors (Lipinski definition) is 4. The predicted molar refractivity (Wildman–Crippen MR) is 89.7 cm³/mol. The first-order chi connectivity index (χ1) is 9.88. The average Bonchev–Trinajstić information content (AvgIpc) is 3.22. The summed E-state index contributed by atoms with van der Waals surface area (Å²) in [6, 6.07) is 0. The molecule has 0 radical (unpaired) electrons. The van der Waals surface area contributed by atoms with Gasteiger partial charge in [-0.3, -0.25) is 0 Å². The van der Waals surface area contributed by atoms with Crippen LogP contribution in [0.4, 0.5) is 5.82 Å². The van der Waals surface area contributed by atoms with E-state index in [1.54, 1.807) is 0 Å². The lowest BCUT2D eigenvalue weighted by Gasteiger charge is -2.24. The lowest BCUT2D eigenvalue weighted by atomic mass is 9.91. The van der Waals surface area contributed by atoms with E-state index in [1.807, 2.05) is 6.92 Å². The Labute approximate surface area is 136 Å². The van der Waals surface area contributed by atoms with Gasteiger partial charge in [-0.1, -0.05) is 20.8 Å². The van der Waals surface area contributed by atoms with Gasteiger partial charge in [-0.2, -0.15) is 0 Å². The second kappa shape index (κ2) is 6.61. The van der Waals surface area contributed by atoms with E-state index in [0.717, 1.165) is 28.4 Å². The van der Waals surface area contributed by atoms with Crippen LogP contribution in [0.1, 0.15) is 65.1 Å². The Balaban J connectivity index is 2.47. The molecule has 5 heteroatoms. The van der Waals surface area contributed by atoms with Gasteiger partial charge in [0.25, 0.3) is 0 Å². The minimum absolute atomic E-state index is 0.0293. The lowest BCUT2D eigenvalue weighted by Crippen LogP contribution is -2.21. The van der Waals surface area contributed by atoms with E-state index in [1.165, 1.54) is 12.8 Å². The Morgan fingerprint density at radius 1 is 1.29 bits per heavy atom. The highest BCUT2D eigenvalue weighted by molar-refractivity contribution is 9.10. The van der Waals surface area contributed by atoms with Gasteiger partial charge in [0.2, 0.25) is 0 Å². The zero-order valence-corrected chi connectivity index (χ0v) is 15.2. The summed E-state index contributed by atoms with van der Waals surface area (Å²) in [5.74, 6) is 2.27. The first kappa shape index (κ1) is 16.7. The van der Waals surface area contributed by atoms with Crippen molar-refractivity contribution in [3.8, 4) is 0 Å². The Bertz CT molecular complexity index is 495. The number of rotatable bonds is 6. The third-order valence-electron chi connectivity index (χ3n) is 3.57. The van der Waals surface area contributed by atoms with Gasteiger partial charge in [-0.05, 0) is 48.5 Å². The van der Waals surface area contributed by atoms with Gasteiger partial charge in [0.05, 0.1) is 10.2 Å². The smallest absolute Gasteiger partial charge is 0.160 e. The maximum atomic E-state index is 5.92. The molecule has 1 fully saturated rings. The summed E-state index contributed by atoms with van der Waals surface area (Å²) in [6.07, 6.45) is 2.46. The summed E-state index contributed by atoms with van der Waals surface area (Å²) in [5, 5.41) is 3.33. The van der Waals surface area contributed by atoms with Gasteiger partial charge in [-0.15, -0.1) is 0 Å². The number of halogens is 1. The van der Waals surface area contributed by atoms with Crippen LogP contribution in [0.2, 0.25) is 0 Å². The minimum atomic E-state index is -0.0407. The number of hydrogen-bond donors (Lipinski definition) is 1. The van der Waals surface area contributed by atoms with Crippen molar-refractivity contribution in [2.45, 2.75) is 59.0 Å². The summed E-state index contributed by atoms with van der Waals surface area (Å²) in [4.78, 5) is 9.57. The van der Waals surface area contributed by atoms with Crippen LogP contribution in [0.3, 0.4) is 0 Å².